The Labute approximate surface area is 98.2 Å². The van der Waals surface area contributed by atoms with E-state index in [2.05, 4.69) is 0 Å². The minimum absolute atomic E-state index is 0.256. The summed E-state index contributed by atoms with van der Waals surface area (Å²) < 4.78 is 26.2. The smallest absolute Gasteiger partial charge is 0.221 e. The highest BCUT2D eigenvalue weighted by Crippen LogP contribution is 2.43. The zero-order valence-corrected chi connectivity index (χ0v) is 10.8. The number of hydrogen-bond acceptors (Lipinski definition) is 3. The van der Waals surface area contributed by atoms with Gasteiger partial charge in [0, 0.05) is 19.1 Å². The number of rotatable bonds is 3. The zero-order chi connectivity index (χ0) is 11.8. The molecule has 2 rings (SSSR count). The van der Waals surface area contributed by atoms with E-state index in [1.54, 1.807) is 4.31 Å². The van der Waals surface area contributed by atoms with Crippen molar-refractivity contribution < 1.29 is 8.42 Å². The molecule has 1 heterocycles. The molecule has 5 heteroatoms. The van der Waals surface area contributed by atoms with E-state index in [1.807, 2.05) is 6.92 Å². The molecule has 0 aromatic rings. The van der Waals surface area contributed by atoms with E-state index in [-0.39, 0.29) is 6.04 Å². The Morgan fingerprint density at radius 1 is 1.12 bits per heavy atom. The second-order valence-electron chi connectivity index (χ2n) is 5.17. The first-order valence-electron chi connectivity index (χ1n) is 6.26. The molecule has 0 radical (unpaired) electrons. The van der Waals surface area contributed by atoms with Crippen LogP contribution in [0.4, 0.5) is 0 Å². The van der Waals surface area contributed by atoms with Gasteiger partial charge in [-0.05, 0) is 32.6 Å². The molecule has 1 unspecified atom stereocenters. The lowest BCUT2D eigenvalue weighted by Crippen LogP contribution is -2.61. The van der Waals surface area contributed by atoms with Crippen LogP contribution in [0.25, 0.3) is 0 Å². The Kier molecular flexibility index (Phi) is 3.29. The molecule has 1 aliphatic carbocycles. The second-order valence-corrected chi connectivity index (χ2v) is 7.45. The van der Waals surface area contributed by atoms with Gasteiger partial charge in [-0.1, -0.05) is 12.8 Å². The Morgan fingerprint density at radius 2 is 1.69 bits per heavy atom. The predicted octanol–water partition coefficient (Wildman–Crippen LogP) is 1.07. The standard InChI is InChI=1S/C11H22N2O2S/c1-10(12)11(6-5-7-11)16(14,15)13-8-3-2-4-9-13/h10H,2-9,12H2,1H3. The van der Waals surface area contributed by atoms with Crippen LogP contribution in [0.1, 0.15) is 45.4 Å². The van der Waals surface area contributed by atoms with Gasteiger partial charge in [0.05, 0.1) is 0 Å². The van der Waals surface area contributed by atoms with Crippen LogP contribution in [0.15, 0.2) is 0 Å². The van der Waals surface area contributed by atoms with Crippen molar-refractivity contribution >= 4 is 10.0 Å². The average molecular weight is 246 g/mol. The maximum atomic E-state index is 12.6. The van der Waals surface area contributed by atoms with Gasteiger partial charge in [-0.3, -0.25) is 0 Å². The topological polar surface area (TPSA) is 63.4 Å². The van der Waals surface area contributed by atoms with Crippen molar-refractivity contribution in [2.75, 3.05) is 13.1 Å². The minimum Gasteiger partial charge on any atom is -0.326 e. The lowest BCUT2D eigenvalue weighted by Gasteiger charge is -2.47. The van der Waals surface area contributed by atoms with Crippen LogP contribution in [0.2, 0.25) is 0 Å². The first-order chi connectivity index (χ1) is 7.51. The van der Waals surface area contributed by atoms with Gasteiger partial charge < -0.3 is 5.73 Å². The fraction of sp³-hybridized carbons (Fsp3) is 1.00. The molecule has 2 aliphatic rings. The molecule has 94 valence electrons. The van der Waals surface area contributed by atoms with E-state index < -0.39 is 14.8 Å². The summed E-state index contributed by atoms with van der Waals surface area (Å²) in [6.07, 6.45) is 5.61. The van der Waals surface area contributed by atoms with E-state index in [9.17, 15) is 8.42 Å². The van der Waals surface area contributed by atoms with Crippen LogP contribution >= 0.6 is 0 Å². The predicted molar refractivity (Wildman–Crippen MR) is 64.6 cm³/mol. The third kappa shape index (κ3) is 1.69. The van der Waals surface area contributed by atoms with Gasteiger partial charge in [-0.2, -0.15) is 0 Å². The monoisotopic (exact) mass is 246 g/mol. The molecule has 1 saturated heterocycles. The summed E-state index contributed by atoms with van der Waals surface area (Å²) in [6, 6.07) is -0.256. The number of nitrogens with two attached hydrogens (primary N) is 1. The van der Waals surface area contributed by atoms with Gasteiger partial charge in [-0.15, -0.1) is 0 Å². The molecule has 0 bridgehead atoms. The first-order valence-corrected chi connectivity index (χ1v) is 7.70. The lowest BCUT2D eigenvalue weighted by molar-refractivity contribution is 0.259. The van der Waals surface area contributed by atoms with Crippen LogP contribution in [0, 0.1) is 0 Å². The van der Waals surface area contributed by atoms with Crippen LogP contribution in [-0.2, 0) is 10.0 Å². The van der Waals surface area contributed by atoms with Crippen molar-refractivity contribution in [3.05, 3.63) is 0 Å². The molecule has 0 aromatic carbocycles. The highest BCUT2D eigenvalue weighted by Gasteiger charge is 2.53. The summed E-state index contributed by atoms with van der Waals surface area (Å²) in [5.41, 5.74) is 5.92. The molecular weight excluding hydrogens is 224 g/mol. The highest BCUT2D eigenvalue weighted by atomic mass is 32.2. The number of sulfonamides is 1. The largest absolute Gasteiger partial charge is 0.326 e. The van der Waals surface area contributed by atoms with Crippen molar-refractivity contribution in [1.29, 1.82) is 0 Å². The molecule has 0 amide bonds. The molecule has 1 saturated carbocycles. The molecule has 4 nitrogen and oxygen atoms in total. The van der Waals surface area contributed by atoms with Gasteiger partial charge >= 0.3 is 0 Å². The summed E-state index contributed by atoms with van der Waals surface area (Å²) >= 11 is 0. The van der Waals surface area contributed by atoms with Gasteiger partial charge in [0.25, 0.3) is 0 Å². The number of nitrogens with zero attached hydrogens (tertiary/aromatic N) is 1. The average Bonchev–Trinajstić information content (AvgIpc) is 2.16. The maximum absolute atomic E-state index is 12.6. The van der Waals surface area contributed by atoms with Crippen LogP contribution in [0.5, 0.6) is 0 Å². The highest BCUT2D eigenvalue weighted by molar-refractivity contribution is 7.90. The maximum Gasteiger partial charge on any atom is 0.221 e. The Bertz CT molecular complexity index is 341. The molecule has 1 atom stereocenters. The van der Waals surface area contributed by atoms with Crippen LogP contribution in [0.3, 0.4) is 0 Å². The molecular formula is C11H22N2O2S. The zero-order valence-electron chi connectivity index (χ0n) is 9.98. The van der Waals surface area contributed by atoms with Crippen LogP contribution in [-0.4, -0.2) is 36.6 Å². The van der Waals surface area contributed by atoms with Crippen LogP contribution < -0.4 is 5.73 Å². The SMILES string of the molecule is CC(N)C1(S(=O)(=O)N2CCCCC2)CCC1. The Hall–Kier alpha value is -0.130. The van der Waals surface area contributed by atoms with Crippen molar-refractivity contribution in [2.24, 2.45) is 5.73 Å². The Morgan fingerprint density at radius 3 is 2.06 bits per heavy atom. The summed E-state index contributed by atoms with van der Waals surface area (Å²) in [5.74, 6) is 0. The number of hydrogen-bond donors (Lipinski definition) is 1. The van der Waals surface area contributed by atoms with Gasteiger partial charge in [-0.25, -0.2) is 12.7 Å². The normalized spacial score (nSPS) is 28.4. The van der Waals surface area contributed by atoms with E-state index in [0.29, 0.717) is 13.1 Å². The first kappa shape index (κ1) is 12.3. The summed E-state index contributed by atoms with van der Waals surface area (Å²) in [4.78, 5) is 0. The fourth-order valence-corrected chi connectivity index (χ4v) is 5.36. The van der Waals surface area contributed by atoms with E-state index >= 15 is 0 Å². The van der Waals surface area contributed by atoms with Gasteiger partial charge in [0.2, 0.25) is 10.0 Å². The quantitative estimate of drug-likeness (QED) is 0.810. The third-order valence-corrected chi connectivity index (χ3v) is 7.05. The minimum atomic E-state index is -3.18. The van der Waals surface area contributed by atoms with E-state index in [1.165, 1.54) is 0 Å². The van der Waals surface area contributed by atoms with Crippen molar-refractivity contribution in [3.8, 4) is 0 Å². The Balaban J connectivity index is 2.22. The molecule has 0 spiro atoms. The van der Waals surface area contributed by atoms with Crippen molar-refractivity contribution in [1.82, 2.24) is 4.31 Å². The van der Waals surface area contributed by atoms with Gasteiger partial charge in [0.1, 0.15) is 4.75 Å². The molecule has 2 N–H and O–H groups in total. The summed E-state index contributed by atoms with van der Waals surface area (Å²) in [7, 11) is -3.18. The molecule has 16 heavy (non-hydrogen) atoms. The summed E-state index contributed by atoms with van der Waals surface area (Å²) in [5, 5.41) is 0. The fourth-order valence-electron chi connectivity index (χ4n) is 2.84. The molecule has 2 fully saturated rings. The third-order valence-electron chi connectivity index (χ3n) is 4.20. The molecule has 0 aromatic heterocycles. The van der Waals surface area contributed by atoms with Crippen molar-refractivity contribution in [3.63, 3.8) is 0 Å². The lowest BCUT2D eigenvalue weighted by atomic mass is 9.79. The van der Waals surface area contributed by atoms with E-state index in [0.717, 1.165) is 38.5 Å². The number of piperidine rings is 1. The van der Waals surface area contributed by atoms with Crippen molar-refractivity contribution in [2.45, 2.75) is 56.2 Å². The van der Waals surface area contributed by atoms with Gasteiger partial charge in [0.15, 0.2) is 0 Å². The summed E-state index contributed by atoms with van der Waals surface area (Å²) in [6.45, 7) is 3.22. The van der Waals surface area contributed by atoms with E-state index in [4.69, 9.17) is 5.73 Å². The second kappa shape index (κ2) is 4.27. The molecule has 1 aliphatic heterocycles.